The first kappa shape index (κ1) is 24.5. The van der Waals surface area contributed by atoms with Crippen molar-refractivity contribution in [3.63, 3.8) is 0 Å². The van der Waals surface area contributed by atoms with Crippen molar-refractivity contribution in [1.82, 2.24) is 14.9 Å². The lowest BCUT2D eigenvalue weighted by atomic mass is 9.98. The van der Waals surface area contributed by atoms with Gasteiger partial charge in [-0.2, -0.15) is 0 Å². The standard InChI is InChI=1S/C27H27FN6O3/c1-3-34(2)27(37)22(35)14-29-21-6-4-5-18(23(21)28)24(36)20-13-33-26-19(20)9-16(10-32-26)17-11-30-25(31-12-17)15-7-8-15/h4-6,9-13,15,17,25,29H,3,7-8,14H2,1-2H3,(H,32,33). The fourth-order valence-corrected chi connectivity index (χ4v) is 4.23. The van der Waals surface area contributed by atoms with E-state index in [2.05, 4.69) is 25.3 Å². The number of rotatable bonds is 9. The fraction of sp³-hybridized carbons (Fsp3) is 0.333. The number of benzene rings is 1. The van der Waals surface area contributed by atoms with Crippen molar-refractivity contribution in [2.75, 3.05) is 25.5 Å². The Morgan fingerprint density at radius 1 is 1.16 bits per heavy atom. The minimum Gasteiger partial charge on any atom is -0.375 e. The highest BCUT2D eigenvalue weighted by molar-refractivity contribution is 6.37. The molecule has 10 heteroatoms. The average Bonchev–Trinajstić information content (AvgIpc) is 3.70. The first-order valence-electron chi connectivity index (χ1n) is 12.3. The predicted molar refractivity (Wildman–Crippen MR) is 139 cm³/mol. The topological polar surface area (TPSA) is 120 Å². The normalized spacial score (nSPS) is 18.7. The molecule has 1 aliphatic carbocycles. The van der Waals surface area contributed by atoms with Crippen LogP contribution in [-0.4, -0.2) is 71.1 Å². The van der Waals surface area contributed by atoms with E-state index in [-0.39, 0.29) is 35.4 Å². The summed E-state index contributed by atoms with van der Waals surface area (Å²) in [6, 6.07) is 6.17. The molecule has 37 heavy (non-hydrogen) atoms. The van der Waals surface area contributed by atoms with Gasteiger partial charge in [-0.1, -0.05) is 6.07 Å². The number of pyridine rings is 1. The Hall–Kier alpha value is -4.21. The van der Waals surface area contributed by atoms with Gasteiger partial charge < -0.3 is 15.2 Å². The third-order valence-corrected chi connectivity index (χ3v) is 6.77. The molecule has 0 bridgehead atoms. The molecule has 0 atom stereocenters. The molecule has 1 saturated carbocycles. The van der Waals surface area contributed by atoms with Crippen LogP contribution >= 0.6 is 0 Å². The van der Waals surface area contributed by atoms with E-state index in [0.29, 0.717) is 23.5 Å². The molecule has 3 aromatic rings. The van der Waals surface area contributed by atoms with Gasteiger partial charge >= 0.3 is 0 Å². The van der Waals surface area contributed by atoms with Gasteiger partial charge in [-0.15, -0.1) is 0 Å². The molecule has 1 aliphatic heterocycles. The number of aromatic nitrogens is 2. The largest absolute Gasteiger partial charge is 0.375 e. The van der Waals surface area contributed by atoms with Crippen molar-refractivity contribution >= 4 is 46.6 Å². The number of hydrogen-bond acceptors (Lipinski definition) is 7. The Morgan fingerprint density at radius 2 is 1.92 bits per heavy atom. The number of carbonyl (C=O) groups is 3. The van der Waals surface area contributed by atoms with Crippen LogP contribution in [-0.2, 0) is 9.59 Å². The molecule has 0 spiro atoms. The van der Waals surface area contributed by atoms with Gasteiger partial charge in [-0.25, -0.2) is 9.37 Å². The maximum Gasteiger partial charge on any atom is 0.291 e. The fourth-order valence-electron chi connectivity index (χ4n) is 4.23. The number of carbonyl (C=O) groups excluding carboxylic acids is 3. The summed E-state index contributed by atoms with van der Waals surface area (Å²) >= 11 is 0. The van der Waals surface area contributed by atoms with Gasteiger partial charge in [0.15, 0.2) is 11.6 Å². The van der Waals surface area contributed by atoms with E-state index < -0.39 is 23.3 Å². The second-order valence-electron chi connectivity index (χ2n) is 9.33. The Labute approximate surface area is 212 Å². The van der Waals surface area contributed by atoms with Crippen LogP contribution in [0.4, 0.5) is 10.1 Å². The minimum absolute atomic E-state index is 0.00201. The van der Waals surface area contributed by atoms with E-state index in [9.17, 15) is 14.4 Å². The molecule has 5 rings (SSSR count). The Bertz CT molecular complexity index is 1430. The number of nitrogens with zero attached hydrogens (tertiary/aromatic N) is 4. The quantitative estimate of drug-likeness (QED) is 0.343. The summed E-state index contributed by atoms with van der Waals surface area (Å²) in [5.41, 5.74) is 1.42. The molecule has 0 saturated heterocycles. The average molecular weight is 503 g/mol. The van der Waals surface area contributed by atoms with Crippen molar-refractivity contribution in [1.29, 1.82) is 0 Å². The summed E-state index contributed by atoms with van der Waals surface area (Å²) < 4.78 is 15.3. The van der Waals surface area contributed by atoms with Crippen LogP contribution in [0.25, 0.3) is 11.0 Å². The van der Waals surface area contributed by atoms with Crippen LogP contribution in [0, 0.1) is 11.7 Å². The second kappa shape index (κ2) is 10.0. The number of hydrogen-bond donors (Lipinski definition) is 2. The van der Waals surface area contributed by atoms with Crippen LogP contribution < -0.4 is 5.32 Å². The number of ketones is 2. The number of aliphatic imine (C=N–C) groups is 2. The number of anilines is 1. The molecule has 1 aromatic carbocycles. The maximum atomic E-state index is 15.3. The van der Waals surface area contributed by atoms with Crippen molar-refractivity contribution < 1.29 is 18.8 Å². The van der Waals surface area contributed by atoms with Crippen LogP contribution in [0.5, 0.6) is 0 Å². The number of halogens is 1. The van der Waals surface area contributed by atoms with Gasteiger partial charge in [0.1, 0.15) is 11.8 Å². The number of aromatic amines is 1. The zero-order valence-corrected chi connectivity index (χ0v) is 20.6. The Morgan fingerprint density at radius 3 is 2.62 bits per heavy atom. The SMILES string of the molecule is CCN(C)C(=O)C(=O)CNc1cccc(C(=O)c2c[nH]c3ncc(C4C=NC(C5CC5)N=C4)cc23)c1F. The molecule has 0 unspecified atom stereocenters. The molecule has 9 nitrogen and oxygen atoms in total. The molecule has 3 heterocycles. The third-order valence-electron chi connectivity index (χ3n) is 6.77. The van der Waals surface area contributed by atoms with E-state index in [0.717, 1.165) is 18.4 Å². The van der Waals surface area contributed by atoms with Crippen molar-refractivity contribution in [2.45, 2.75) is 31.8 Å². The van der Waals surface area contributed by atoms with Crippen LogP contribution in [0.3, 0.4) is 0 Å². The van der Waals surface area contributed by atoms with E-state index in [1.807, 2.05) is 18.5 Å². The lowest BCUT2D eigenvalue weighted by Crippen LogP contribution is -2.36. The van der Waals surface area contributed by atoms with Crippen LogP contribution in [0.1, 0.15) is 47.2 Å². The number of nitrogens with one attached hydrogen (secondary N) is 2. The van der Waals surface area contributed by atoms with Crippen LogP contribution in [0.15, 0.2) is 46.6 Å². The smallest absolute Gasteiger partial charge is 0.291 e. The monoisotopic (exact) mass is 502 g/mol. The Balaban J connectivity index is 1.36. The van der Waals surface area contributed by atoms with Gasteiger partial charge in [0.05, 0.1) is 23.7 Å². The lowest BCUT2D eigenvalue weighted by molar-refractivity contribution is -0.142. The molecule has 2 aliphatic rings. The molecule has 1 amide bonds. The van der Waals surface area contributed by atoms with Crippen molar-refractivity contribution in [3.05, 3.63) is 59.2 Å². The highest BCUT2D eigenvalue weighted by atomic mass is 19.1. The molecule has 0 radical (unpaired) electrons. The first-order chi connectivity index (χ1) is 17.9. The van der Waals surface area contributed by atoms with Gasteiger partial charge in [0.2, 0.25) is 5.78 Å². The Kier molecular flexibility index (Phi) is 6.64. The van der Waals surface area contributed by atoms with E-state index >= 15 is 4.39 Å². The summed E-state index contributed by atoms with van der Waals surface area (Å²) in [5, 5.41) is 3.21. The molecule has 190 valence electrons. The molecular formula is C27H27FN6O3. The maximum absolute atomic E-state index is 15.3. The first-order valence-corrected chi connectivity index (χ1v) is 12.3. The van der Waals surface area contributed by atoms with Crippen LogP contribution in [0.2, 0.25) is 0 Å². The number of H-pyrrole nitrogens is 1. The minimum atomic E-state index is -0.798. The summed E-state index contributed by atoms with van der Waals surface area (Å²) in [6.07, 6.45) is 9.28. The molecule has 2 N–H and O–H groups in total. The zero-order valence-electron chi connectivity index (χ0n) is 20.6. The van der Waals surface area contributed by atoms with Gasteiger partial charge in [0.25, 0.3) is 5.91 Å². The highest BCUT2D eigenvalue weighted by Gasteiger charge is 2.31. The second-order valence-corrected chi connectivity index (χ2v) is 9.33. The molecule has 1 fully saturated rings. The van der Waals surface area contributed by atoms with Gasteiger partial charge in [-0.3, -0.25) is 24.4 Å². The summed E-state index contributed by atoms with van der Waals surface area (Å²) in [6.45, 7) is 1.74. The number of amides is 1. The number of likely N-dealkylation sites (N-methyl/N-ethyl adjacent to an activating group) is 1. The van der Waals surface area contributed by atoms with Gasteiger partial charge in [-0.05, 0) is 43.5 Å². The predicted octanol–water partition coefficient (Wildman–Crippen LogP) is 3.37. The third kappa shape index (κ3) is 4.91. The van der Waals surface area contributed by atoms with E-state index in [4.69, 9.17) is 0 Å². The lowest BCUT2D eigenvalue weighted by Gasteiger charge is -2.15. The summed E-state index contributed by atoms with van der Waals surface area (Å²) in [4.78, 5) is 55.3. The van der Waals surface area contributed by atoms with E-state index in [1.165, 1.54) is 36.3 Å². The summed E-state index contributed by atoms with van der Waals surface area (Å²) in [7, 11) is 1.51. The zero-order chi connectivity index (χ0) is 26.1. The van der Waals surface area contributed by atoms with E-state index in [1.54, 1.807) is 13.1 Å². The number of Topliss-reactive ketones (excluding diaryl/α,β-unsaturated/α-hetero) is 1. The van der Waals surface area contributed by atoms with Crippen molar-refractivity contribution in [2.24, 2.45) is 15.9 Å². The molecular weight excluding hydrogens is 475 g/mol. The number of fused-ring (bicyclic) bond motifs is 1. The van der Waals surface area contributed by atoms with Crippen molar-refractivity contribution in [3.8, 4) is 0 Å². The molecule has 2 aromatic heterocycles. The highest BCUT2D eigenvalue weighted by Crippen LogP contribution is 2.36. The van der Waals surface area contributed by atoms with Gasteiger partial charge in [0, 0.05) is 55.3 Å². The summed E-state index contributed by atoms with van der Waals surface area (Å²) in [5.74, 6) is -2.30.